The second-order valence-corrected chi connectivity index (χ2v) is 7.99. The molecule has 1 heterocycles. The third-order valence-electron chi connectivity index (χ3n) is 4.34. The average Bonchev–Trinajstić information content (AvgIpc) is 3.27. The largest absolute Gasteiger partial charge is 0.343 e. The van der Waals surface area contributed by atoms with Crippen molar-refractivity contribution in [1.29, 1.82) is 0 Å². The summed E-state index contributed by atoms with van der Waals surface area (Å²) in [5.74, 6) is 1.49. The highest BCUT2D eigenvalue weighted by Crippen LogP contribution is 2.24. The molecule has 0 saturated heterocycles. The number of amides is 1. The highest BCUT2D eigenvalue weighted by atomic mass is 35.5. The van der Waals surface area contributed by atoms with Gasteiger partial charge in [-0.1, -0.05) is 59.2 Å². The summed E-state index contributed by atoms with van der Waals surface area (Å²) >= 11 is 7.63. The molecule has 150 valence electrons. The predicted octanol–water partition coefficient (Wildman–Crippen LogP) is 5.61. The summed E-state index contributed by atoms with van der Waals surface area (Å²) in [5.41, 5.74) is 2.58. The minimum atomic E-state index is -0.189. The Morgan fingerprint density at radius 2 is 1.70 bits per heavy atom. The van der Waals surface area contributed by atoms with E-state index >= 15 is 0 Å². The van der Waals surface area contributed by atoms with Gasteiger partial charge in [0.25, 0.3) is 5.91 Å². The Morgan fingerprint density at radius 3 is 2.43 bits per heavy atom. The smallest absolute Gasteiger partial charge is 0.251 e. The Hall–Kier alpha value is -3.09. The Morgan fingerprint density at radius 1 is 0.967 bits per heavy atom. The first-order chi connectivity index (χ1) is 14.7. The number of nitrogens with one attached hydrogen (secondary N) is 1. The lowest BCUT2D eigenvalue weighted by atomic mass is 10.1. The first-order valence-corrected chi connectivity index (χ1v) is 10.7. The van der Waals surface area contributed by atoms with Gasteiger partial charge in [0, 0.05) is 26.8 Å². The van der Waals surface area contributed by atoms with Gasteiger partial charge in [0.15, 0.2) is 0 Å². The second kappa shape index (κ2) is 9.61. The third-order valence-corrected chi connectivity index (χ3v) is 5.67. The van der Waals surface area contributed by atoms with Crippen molar-refractivity contribution in [1.82, 2.24) is 15.5 Å². The van der Waals surface area contributed by atoms with E-state index in [1.54, 1.807) is 11.8 Å². The predicted molar refractivity (Wildman–Crippen MR) is 118 cm³/mol. The average molecular weight is 436 g/mol. The van der Waals surface area contributed by atoms with Gasteiger partial charge in [-0.25, -0.2) is 0 Å². The zero-order chi connectivity index (χ0) is 20.8. The molecule has 0 saturated carbocycles. The highest BCUT2D eigenvalue weighted by Gasteiger charge is 2.11. The van der Waals surface area contributed by atoms with Crippen molar-refractivity contribution in [3.8, 4) is 11.4 Å². The quantitative estimate of drug-likeness (QED) is 0.382. The van der Waals surface area contributed by atoms with E-state index in [1.807, 2.05) is 78.9 Å². The molecule has 0 aliphatic heterocycles. The van der Waals surface area contributed by atoms with Gasteiger partial charge in [-0.2, -0.15) is 4.98 Å². The van der Waals surface area contributed by atoms with Gasteiger partial charge in [-0.3, -0.25) is 4.79 Å². The summed E-state index contributed by atoms with van der Waals surface area (Å²) in [6, 6.07) is 24.8. The van der Waals surface area contributed by atoms with Crippen LogP contribution in [0.1, 0.15) is 21.8 Å². The number of rotatable bonds is 7. The van der Waals surface area contributed by atoms with E-state index in [1.165, 1.54) is 0 Å². The summed E-state index contributed by atoms with van der Waals surface area (Å²) in [6.07, 6.45) is 0. The van der Waals surface area contributed by atoms with Crippen molar-refractivity contribution in [3.05, 3.63) is 101 Å². The summed E-state index contributed by atoms with van der Waals surface area (Å²) < 4.78 is 5.22. The fourth-order valence-electron chi connectivity index (χ4n) is 2.74. The van der Waals surface area contributed by atoms with Crippen LogP contribution in [0, 0.1) is 0 Å². The van der Waals surface area contributed by atoms with Crippen molar-refractivity contribution in [2.75, 3.05) is 0 Å². The molecule has 4 aromatic rings. The number of hydrogen-bond donors (Lipinski definition) is 1. The maximum absolute atomic E-state index is 12.4. The minimum absolute atomic E-state index is 0.173. The Balaban J connectivity index is 1.29. The van der Waals surface area contributed by atoms with E-state index in [0.717, 1.165) is 26.8 Å². The molecular formula is C23H18ClN3O2S. The molecule has 0 unspecified atom stereocenters. The van der Waals surface area contributed by atoms with Gasteiger partial charge < -0.3 is 9.84 Å². The monoisotopic (exact) mass is 435 g/mol. The van der Waals surface area contributed by atoms with Crippen LogP contribution in [0.3, 0.4) is 0 Å². The van der Waals surface area contributed by atoms with Crippen LogP contribution in [0.4, 0.5) is 0 Å². The molecule has 1 aromatic heterocycles. The van der Waals surface area contributed by atoms with E-state index in [4.69, 9.17) is 16.1 Å². The van der Waals surface area contributed by atoms with Crippen molar-refractivity contribution in [3.63, 3.8) is 0 Å². The number of carbonyl (C=O) groups excluding carboxylic acids is 1. The van der Waals surface area contributed by atoms with Crippen molar-refractivity contribution in [2.24, 2.45) is 0 Å². The van der Waals surface area contributed by atoms with Crippen molar-refractivity contribution >= 4 is 29.3 Å². The van der Waals surface area contributed by atoms with Gasteiger partial charge >= 0.3 is 0 Å². The number of carbonyl (C=O) groups is 1. The van der Waals surface area contributed by atoms with Crippen LogP contribution < -0.4 is 5.32 Å². The zero-order valence-corrected chi connectivity index (χ0v) is 17.5. The molecule has 3 aromatic carbocycles. The fourth-order valence-corrected chi connectivity index (χ4v) is 3.72. The minimum Gasteiger partial charge on any atom is -0.343 e. The Bertz CT molecular complexity index is 1110. The molecular weight excluding hydrogens is 418 g/mol. The zero-order valence-electron chi connectivity index (χ0n) is 15.9. The fraction of sp³-hybridized carbons (Fsp3) is 0.0870. The Kier molecular flexibility index (Phi) is 6.47. The molecule has 0 aliphatic rings. The lowest BCUT2D eigenvalue weighted by Gasteiger charge is -2.05. The van der Waals surface area contributed by atoms with E-state index in [0.29, 0.717) is 17.3 Å². The molecule has 0 spiro atoms. The molecule has 4 rings (SSSR count). The molecule has 5 nitrogen and oxygen atoms in total. The molecule has 1 amide bonds. The maximum atomic E-state index is 12.4. The van der Waals surface area contributed by atoms with Crippen molar-refractivity contribution < 1.29 is 9.32 Å². The van der Waals surface area contributed by atoms with Crippen LogP contribution >= 0.6 is 23.4 Å². The summed E-state index contributed by atoms with van der Waals surface area (Å²) in [4.78, 5) is 17.9. The first-order valence-electron chi connectivity index (χ1n) is 9.31. The number of thioether (sulfide) groups is 1. The number of aromatic nitrogens is 2. The van der Waals surface area contributed by atoms with Gasteiger partial charge in [0.05, 0.1) is 6.54 Å². The lowest BCUT2D eigenvalue weighted by molar-refractivity contribution is 0.0946. The number of halogens is 1. The number of nitrogens with zero attached hydrogens (tertiary/aromatic N) is 2. The van der Waals surface area contributed by atoms with Gasteiger partial charge in [-0.05, 0) is 42.0 Å². The first kappa shape index (κ1) is 20.2. The normalized spacial score (nSPS) is 10.7. The van der Waals surface area contributed by atoms with Crippen LogP contribution in [0.2, 0.25) is 5.02 Å². The Labute approximate surface area is 183 Å². The molecule has 7 heteroatoms. The van der Waals surface area contributed by atoms with Crippen LogP contribution in [0.5, 0.6) is 0 Å². The third kappa shape index (κ3) is 5.28. The molecule has 0 radical (unpaired) electrons. The highest BCUT2D eigenvalue weighted by molar-refractivity contribution is 7.98. The number of hydrogen-bond acceptors (Lipinski definition) is 5. The van der Waals surface area contributed by atoms with Crippen LogP contribution in [0.15, 0.2) is 88.3 Å². The summed E-state index contributed by atoms with van der Waals surface area (Å²) in [5, 5.41) is 7.49. The van der Waals surface area contributed by atoms with Crippen LogP contribution in [0.25, 0.3) is 11.4 Å². The topological polar surface area (TPSA) is 68.0 Å². The van der Waals surface area contributed by atoms with Crippen LogP contribution in [-0.4, -0.2) is 16.0 Å². The van der Waals surface area contributed by atoms with Gasteiger partial charge in [-0.15, -0.1) is 11.8 Å². The van der Waals surface area contributed by atoms with Crippen LogP contribution in [-0.2, 0) is 12.3 Å². The van der Waals surface area contributed by atoms with Gasteiger partial charge in [0.1, 0.15) is 0 Å². The summed E-state index contributed by atoms with van der Waals surface area (Å²) in [6.45, 7) is 0.173. The van der Waals surface area contributed by atoms with E-state index in [-0.39, 0.29) is 12.5 Å². The molecule has 0 bridgehead atoms. The van der Waals surface area contributed by atoms with E-state index in [9.17, 15) is 4.79 Å². The van der Waals surface area contributed by atoms with E-state index < -0.39 is 0 Å². The molecule has 30 heavy (non-hydrogen) atoms. The maximum Gasteiger partial charge on any atom is 0.251 e. The molecule has 1 N–H and O–H groups in total. The summed E-state index contributed by atoms with van der Waals surface area (Å²) in [7, 11) is 0. The second-order valence-electron chi connectivity index (χ2n) is 6.50. The number of benzene rings is 3. The molecule has 0 atom stereocenters. The molecule has 0 fully saturated rings. The molecule has 0 aliphatic carbocycles. The standard InChI is InChI=1S/C23H18ClN3O2S/c24-19-10-12-20(13-11-19)30-15-16-6-8-18(9-7-16)23(28)25-14-21-26-22(27-29-21)17-4-2-1-3-5-17/h1-13H,14-15H2,(H,25,28). The van der Waals surface area contributed by atoms with Crippen molar-refractivity contribution in [2.45, 2.75) is 17.2 Å². The van der Waals surface area contributed by atoms with Gasteiger partial charge in [0.2, 0.25) is 11.7 Å². The van der Waals surface area contributed by atoms with E-state index in [2.05, 4.69) is 15.5 Å². The SMILES string of the molecule is O=C(NCc1nc(-c2ccccc2)no1)c1ccc(CSc2ccc(Cl)cc2)cc1. The lowest BCUT2D eigenvalue weighted by Crippen LogP contribution is -2.22.